The molecule has 0 radical (unpaired) electrons. The van der Waals surface area contributed by atoms with Gasteiger partial charge in [0, 0.05) is 162 Å². The highest BCUT2D eigenvalue weighted by atomic mass is 19.1. The van der Waals surface area contributed by atoms with Crippen molar-refractivity contribution in [3.05, 3.63) is 198 Å². The molecule has 6 aromatic heterocycles. The highest BCUT2D eigenvalue weighted by Gasteiger charge is 2.26. The van der Waals surface area contributed by atoms with Crippen LogP contribution in [0, 0.1) is 38.2 Å². The lowest BCUT2D eigenvalue weighted by molar-refractivity contribution is 0.100. The van der Waals surface area contributed by atoms with Crippen molar-refractivity contribution in [3.8, 4) is 34.9 Å². The quantitative estimate of drug-likeness (QED) is 0.0371. The number of aryl methyl sites for hydroxylation is 3. The van der Waals surface area contributed by atoms with Gasteiger partial charge >= 0.3 is 0 Å². The Kier molecular flexibility index (Phi) is 21.6. The number of hydrogen-bond acceptors (Lipinski definition) is 21. The first-order valence-corrected chi connectivity index (χ1v) is 34.7. The maximum absolute atomic E-state index is 15.1. The number of carbonyl (C=O) groups is 3. The largest absolute Gasteiger partial charge is 0.435 e. The van der Waals surface area contributed by atoms with E-state index in [1.54, 1.807) is 36.4 Å². The van der Waals surface area contributed by atoms with E-state index >= 15 is 13.2 Å². The molecule has 0 bridgehead atoms. The molecule has 3 fully saturated rings. The molecule has 24 nitrogen and oxygen atoms in total. The number of piperazine rings is 3. The van der Waals surface area contributed by atoms with Gasteiger partial charge in [-0.15, -0.1) is 0 Å². The van der Waals surface area contributed by atoms with E-state index < -0.39 is 17.5 Å². The summed E-state index contributed by atoms with van der Waals surface area (Å²) in [7, 11) is 2.13. The maximum atomic E-state index is 15.1. The van der Waals surface area contributed by atoms with Crippen molar-refractivity contribution in [3.63, 3.8) is 0 Å². The van der Waals surface area contributed by atoms with Crippen molar-refractivity contribution >= 4 is 102 Å². The van der Waals surface area contributed by atoms with Gasteiger partial charge in [0.2, 0.25) is 17.6 Å². The van der Waals surface area contributed by atoms with Gasteiger partial charge in [-0.05, 0) is 183 Å². The molecule has 0 aliphatic carbocycles. The molecule has 7 N–H and O–H groups in total. The Hall–Kier alpha value is -11.9. The molecule has 27 heteroatoms. The fourth-order valence-electron chi connectivity index (χ4n) is 13.0. The van der Waals surface area contributed by atoms with E-state index in [4.69, 9.17) is 14.2 Å². The average Bonchev–Trinajstić information content (AvgIpc) is 1.78. The third kappa shape index (κ3) is 16.4. The lowest BCUT2D eigenvalue weighted by Crippen LogP contribution is -2.46. The molecule has 12 aromatic rings. The first-order chi connectivity index (χ1) is 50.8. The Balaban J connectivity index is 0.000000140. The zero-order chi connectivity index (χ0) is 73.4. The zero-order valence-electron chi connectivity index (χ0n) is 59.6. The summed E-state index contributed by atoms with van der Waals surface area (Å²) in [6.45, 7) is 25.0. The van der Waals surface area contributed by atoms with Crippen molar-refractivity contribution in [2.75, 3.05) is 123 Å². The van der Waals surface area contributed by atoms with E-state index in [0.717, 1.165) is 136 Å². The Morgan fingerprint density at radius 1 is 0.419 bits per heavy atom. The second-order valence-electron chi connectivity index (χ2n) is 26.0. The molecule has 3 saturated heterocycles. The highest BCUT2D eigenvalue weighted by molar-refractivity contribution is 6.03. The summed E-state index contributed by atoms with van der Waals surface area (Å²) < 4.78 is 62.6. The van der Waals surface area contributed by atoms with Crippen molar-refractivity contribution in [2.45, 2.75) is 48.5 Å². The number of H-pyrrole nitrogens is 3. The first kappa shape index (κ1) is 71.5. The fraction of sp³-hybridized carbons (Fsp3) is 0.269. The molecule has 105 heavy (non-hydrogen) atoms. The van der Waals surface area contributed by atoms with E-state index in [2.05, 4.69) is 117 Å². The van der Waals surface area contributed by atoms with Crippen LogP contribution < -0.4 is 50.2 Å². The number of carbonyl (C=O) groups excluding carboxylic acids is 3. The third-order valence-corrected chi connectivity index (χ3v) is 18.5. The zero-order valence-corrected chi connectivity index (χ0v) is 59.6. The molecular weight excluding hydrogens is 1340 g/mol. The van der Waals surface area contributed by atoms with E-state index in [1.807, 2.05) is 81.4 Å². The molecule has 540 valence electrons. The van der Waals surface area contributed by atoms with Gasteiger partial charge in [0.05, 0.1) is 0 Å². The number of halogens is 3. The van der Waals surface area contributed by atoms with Crippen LogP contribution in [-0.2, 0) is 0 Å². The average molecular weight is 1420 g/mol. The van der Waals surface area contributed by atoms with Crippen LogP contribution >= 0.6 is 0 Å². The van der Waals surface area contributed by atoms with Crippen LogP contribution in [0.15, 0.2) is 146 Å². The van der Waals surface area contributed by atoms with E-state index in [9.17, 15) is 14.4 Å². The first-order valence-electron chi connectivity index (χ1n) is 34.7. The van der Waals surface area contributed by atoms with Gasteiger partial charge in [0.15, 0.2) is 52.0 Å². The number of likely N-dealkylation sites (N-methyl/N-ethyl adjacent to an activating group) is 2. The third-order valence-electron chi connectivity index (χ3n) is 18.5. The topological polar surface area (TPSA) is 268 Å². The number of rotatable bonds is 19. The second-order valence-corrected chi connectivity index (χ2v) is 26.0. The smallest absolute Gasteiger partial charge is 0.235 e. The van der Waals surface area contributed by atoms with Crippen LogP contribution in [0.4, 0.5) is 64.7 Å². The molecular formula is C78H81F3N18O6. The fourth-order valence-corrected chi connectivity index (χ4v) is 13.0. The minimum Gasteiger partial charge on any atom is -0.435 e. The summed E-state index contributed by atoms with van der Waals surface area (Å²) in [5.74, 6) is -1.60. The lowest BCUT2D eigenvalue weighted by atomic mass is 10.2. The van der Waals surface area contributed by atoms with Crippen LogP contribution in [0.3, 0.4) is 0 Å². The lowest BCUT2D eigenvalue weighted by Gasteiger charge is -2.35. The molecule has 6 aromatic carbocycles. The summed E-state index contributed by atoms with van der Waals surface area (Å²) >= 11 is 0. The van der Waals surface area contributed by atoms with Crippen molar-refractivity contribution < 1.29 is 41.8 Å². The van der Waals surface area contributed by atoms with Crippen LogP contribution in [0.25, 0.3) is 32.7 Å². The molecule has 0 amide bonds. The van der Waals surface area contributed by atoms with Gasteiger partial charge in [0.25, 0.3) is 0 Å². The molecule has 3 aliphatic heterocycles. The van der Waals surface area contributed by atoms with E-state index in [1.165, 1.54) is 58.0 Å². The van der Waals surface area contributed by atoms with Crippen LogP contribution in [0.1, 0.15) is 75.9 Å². The number of hydrogen-bond donors (Lipinski definition) is 7. The monoisotopic (exact) mass is 1420 g/mol. The number of nitrogens with one attached hydrogen (secondary N) is 7. The van der Waals surface area contributed by atoms with Crippen LogP contribution in [0.2, 0.25) is 0 Å². The molecule has 0 unspecified atom stereocenters. The summed E-state index contributed by atoms with van der Waals surface area (Å²) in [5, 5.41) is 14.1. The number of anilines is 9. The number of nitrogens with zero attached hydrogens (tertiary/aromatic N) is 11. The Labute approximate surface area is 604 Å². The SMILES string of the molecule is CC(=O)c1c(Nc2ccc(N3CCN(C)CC3)cc2)ncnc1Oc1ccc2[nH]c(C)cc2c1F.CC(=O)c1c(Nc2ccc(N3CCNCC3)cc2)ncnc1Oc1ccc2[nH]c(C)cc2c1F.CCN1CCN(c2ccc(Nc3ncnc(Oc4ccc5[nH]c(C)cc5c4F)c3C(C)=O)cc2)CC1. The summed E-state index contributed by atoms with van der Waals surface area (Å²) in [6.07, 6.45) is 3.87. The Morgan fingerprint density at radius 3 is 1.03 bits per heavy atom. The number of Topliss-reactive ketones (excluding diaryl/α,β-unsaturated/α-hetero) is 3. The molecule has 15 rings (SSSR count). The van der Waals surface area contributed by atoms with Crippen molar-refractivity contribution in [1.29, 1.82) is 0 Å². The molecule has 3 aliphatic rings. The molecule has 0 spiro atoms. The number of aromatic nitrogens is 9. The van der Waals surface area contributed by atoms with Gasteiger partial charge in [-0.1, -0.05) is 6.92 Å². The maximum Gasteiger partial charge on any atom is 0.235 e. The van der Waals surface area contributed by atoms with E-state index in [-0.39, 0.29) is 68.9 Å². The van der Waals surface area contributed by atoms with Gasteiger partial charge in [-0.2, -0.15) is 0 Å². The number of ether oxygens (including phenoxy) is 3. The standard InChI is InChI=1S/C27H29FN6O2.C26H27FN6O2.C25H25FN6O2/c1-4-33-11-13-34(14-12-33)20-7-5-19(6-8-20)32-26-24(18(3)35)27(30-16-29-26)36-23-10-9-22-21(25(23)28)15-17(2)31-22;1-16-14-20-21(30-16)8-9-22(24(20)27)35-26-23(17(2)34)25(28-15-29-26)31-18-4-6-19(7-5-18)33-12-10-32(3)11-13-33;1-15-13-19-20(30-15)7-8-21(23(19)26)34-25-22(16(2)33)24(28-14-29-25)31-17-3-5-18(6-4-17)32-11-9-27-10-12-32/h5-10,15-16,31H,4,11-14H2,1-3H3,(H,29,30,32);4-9,14-15,30H,10-13H2,1-3H3,(H,28,29,31);3-8,13-14,27,30H,9-12H2,1-2H3,(H,28,29,31). The molecule has 0 saturated carbocycles. The molecule has 0 atom stereocenters. The number of ketones is 3. The Morgan fingerprint density at radius 2 is 0.724 bits per heavy atom. The highest BCUT2D eigenvalue weighted by Crippen LogP contribution is 2.38. The predicted molar refractivity (Wildman–Crippen MR) is 404 cm³/mol. The van der Waals surface area contributed by atoms with Crippen molar-refractivity contribution in [2.24, 2.45) is 0 Å². The van der Waals surface area contributed by atoms with Gasteiger partial charge < -0.3 is 74.9 Å². The summed E-state index contributed by atoms with van der Waals surface area (Å²) in [6, 6.07) is 38.8. The number of fused-ring (bicyclic) bond motifs is 3. The minimum atomic E-state index is -0.520. The summed E-state index contributed by atoms with van der Waals surface area (Å²) in [5.41, 5.74) is 10.7. The van der Waals surface area contributed by atoms with Gasteiger partial charge in [-0.3, -0.25) is 14.4 Å². The second kappa shape index (κ2) is 31.7. The van der Waals surface area contributed by atoms with Crippen molar-refractivity contribution in [1.82, 2.24) is 60.0 Å². The van der Waals surface area contributed by atoms with Gasteiger partial charge in [-0.25, -0.2) is 43.1 Å². The Bertz CT molecular complexity index is 5130. The number of benzene rings is 6. The van der Waals surface area contributed by atoms with Gasteiger partial charge in [0.1, 0.15) is 53.1 Å². The molecule has 9 heterocycles. The normalized spacial score (nSPS) is 14.1. The van der Waals surface area contributed by atoms with E-state index in [0.29, 0.717) is 50.2 Å². The van der Waals surface area contributed by atoms with Crippen LogP contribution in [-0.4, -0.2) is 164 Å². The predicted octanol–water partition coefficient (Wildman–Crippen LogP) is 14.7. The van der Waals surface area contributed by atoms with Crippen LogP contribution in [0.5, 0.6) is 34.9 Å². The number of aromatic amines is 3. The minimum absolute atomic E-state index is 0.00378. The summed E-state index contributed by atoms with van der Waals surface area (Å²) in [4.78, 5) is 83.8.